The van der Waals surface area contributed by atoms with Gasteiger partial charge in [-0.05, 0) is 5.21 Å². The second-order valence-corrected chi connectivity index (χ2v) is 6.04. The molecule has 1 aliphatic rings. The number of amides is 1. The van der Waals surface area contributed by atoms with E-state index in [0.717, 1.165) is 5.56 Å². The second kappa shape index (κ2) is 5.98. The number of aromatic nitrogens is 3. The van der Waals surface area contributed by atoms with E-state index < -0.39 is 6.04 Å². The molecule has 2 aromatic carbocycles. The molecule has 3 aromatic rings. The quantitative estimate of drug-likeness (QED) is 0.543. The molecule has 0 N–H and O–H groups in total. The molecular weight excluding hydrogens is 316 g/mol. The Morgan fingerprint density at radius 1 is 1.00 bits per heavy atom. The highest BCUT2D eigenvalue weighted by atomic mass is 16.2. The number of β-lactam (4-membered cyclic amide) rings is 1. The first kappa shape index (κ1) is 15.3. The molecule has 1 aliphatic heterocycles. The molecule has 4 rings (SSSR count). The third-order valence-electron chi connectivity index (χ3n) is 4.45. The largest absolute Gasteiger partial charge is 0.292 e. The number of carbonyl (C=O) groups excluding carboxylic acids is 2. The summed E-state index contributed by atoms with van der Waals surface area (Å²) in [4.78, 5) is 26.5. The minimum Gasteiger partial charge on any atom is -0.292 e. The molecular formula is C19H16N4O2. The summed E-state index contributed by atoms with van der Waals surface area (Å²) >= 11 is 0. The second-order valence-electron chi connectivity index (χ2n) is 6.04. The van der Waals surface area contributed by atoms with Gasteiger partial charge in [0.2, 0.25) is 5.91 Å². The first-order valence-electron chi connectivity index (χ1n) is 8.07. The maximum absolute atomic E-state index is 12.8. The molecule has 1 fully saturated rings. The van der Waals surface area contributed by atoms with Gasteiger partial charge in [-0.2, -0.15) is 4.79 Å². The molecule has 1 amide bonds. The number of ketones is 1. The molecule has 1 saturated heterocycles. The summed E-state index contributed by atoms with van der Waals surface area (Å²) in [5.74, 6) is -0.611. The first-order chi connectivity index (χ1) is 12.2. The van der Waals surface area contributed by atoms with Crippen molar-refractivity contribution in [2.24, 2.45) is 5.92 Å². The van der Waals surface area contributed by atoms with Gasteiger partial charge in [0.05, 0.1) is 12.1 Å². The molecule has 1 aromatic heterocycles. The Bertz CT molecular complexity index is 921. The molecule has 0 saturated carbocycles. The van der Waals surface area contributed by atoms with E-state index in [1.165, 1.54) is 9.80 Å². The van der Waals surface area contributed by atoms with E-state index in [0.29, 0.717) is 11.3 Å². The maximum atomic E-state index is 12.8. The van der Waals surface area contributed by atoms with Gasteiger partial charge in [0, 0.05) is 11.1 Å². The van der Waals surface area contributed by atoms with Gasteiger partial charge in [-0.3, -0.25) is 9.59 Å². The highest BCUT2D eigenvalue weighted by Gasteiger charge is 2.50. The van der Waals surface area contributed by atoms with E-state index in [1.54, 1.807) is 25.3 Å². The Hall–Kier alpha value is -3.28. The van der Waals surface area contributed by atoms with E-state index in [1.807, 2.05) is 48.5 Å². The Balaban J connectivity index is 1.64. The predicted molar refractivity (Wildman–Crippen MR) is 92.4 cm³/mol. The van der Waals surface area contributed by atoms with Crippen molar-refractivity contribution in [3.63, 3.8) is 0 Å². The monoisotopic (exact) mass is 332 g/mol. The third kappa shape index (κ3) is 2.52. The Labute approximate surface area is 144 Å². The first-order valence-corrected chi connectivity index (χ1v) is 8.07. The van der Waals surface area contributed by atoms with Crippen LogP contribution in [0.15, 0.2) is 66.9 Å². The van der Waals surface area contributed by atoms with Crippen LogP contribution in [0.25, 0.3) is 11.3 Å². The predicted octanol–water partition coefficient (Wildman–Crippen LogP) is 2.31. The van der Waals surface area contributed by atoms with E-state index in [4.69, 9.17) is 0 Å². The van der Waals surface area contributed by atoms with Crippen LogP contribution < -0.4 is 5.01 Å². The molecule has 0 bridgehead atoms. The SMILES string of the molecule is C[C@H]1C(=O)N(n2cc(-c3ccccc3)nn2)[C@@H]1C(=O)c1ccccc1. The van der Waals surface area contributed by atoms with Gasteiger partial charge >= 0.3 is 0 Å². The lowest BCUT2D eigenvalue weighted by Crippen LogP contribution is -2.68. The molecule has 0 radical (unpaired) electrons. The smallest absolute Gasteiger partial charge is 0.248 e. The Kier molecular flexibility index (Phi) is 3.65. The topological polar surface area (TPSA) is 68.1 Å². The minimum absolute atomic E-state index is 0.0931. The van der Waals surface area contributed by atoms with Crippen LogP contribution in [0.5, 0.6) is 0 Å². The van der Waals surface area contributed by atoms with Crippen molar-refractivity contribution >= 4 is 11.7 Å². The zero-order valence-corrected chi connectivity index (χ0v) is 13.6. The Morgan fingerprint density at radius 2 is 1.64 bits per heavy atom. The van der Waals surface area contributed by atoms with Crippen molar-refractivity contribution in [2.75, 3.05) is 5.01 Å². The molecule has 0 unspecified atom stereocenters. The number of rotatable bonds is 4. The highest BCUT2D eigenvalue weighted by Crippen LogP contribution is 2.28. The lowest BCUT2D eigenvalue weighted by Gasteiger charge is -2.43. The fourth-order valence-electron chi connectivity index (χ4n) is 3.05. The van der Waals surface area contributed by atoms with Crippen LogP contribution >= 0.6 is 0 Å². The molecule has 0 spiro atoms. The summed E-state index contributed by atoms with van der Waals surface area (Å²) in [6, 6.07) is 18.0. The van der Waals surface area contributed by atoms with E-state index in [9.17, 15) is 9.59 Å². The van der Waals surface area contributed by atoms with Crippen LogP contribution in [0, 0.1) is 5.92 Å². The molecule has 0 aliphatic carbocycles. The maximum Gasteiger partial charge on any atom is 0.248 e. The standard InChI is InChI=1S/C19H16N4O2/c1-13-17(18(24)15-10-6-3-7-11-15)23(19(13)25)22-12-16(20-21-22)14-8-4-2-5-9-14/h2-13,17H,1H3/t13-,17+/m1/s1. The summed E-state index contributed by atoms with van der Waals surface area (Å²) < 4.78 is 0. The molecule has 2 heterocycles. The normalized spacial score (nSPS) is 19.6. The number of hydrogen-bond donors (Lipinski definition) is 0. The van der Waals surface area contributed by atoms with Crippen LogP contribution in [0.2, 0.25) is 0 Å². The van der Waals surface area contributed by atoms with Gasteiger partial charge in [-0.25, -0.2) is 5.01 Å². The summed E-state index contributed by atoms with van der Waals surface area (Å²) in [6.45, 7) is 1.76. The van der Waals surface area contributed by atoms with Crippen LogP contribution in [-0.2, 0) is 4.79 Å². The van der Waals surface area contributed by atoms with E-state index in [-0.39, 0.29) is 17.6 Å². The molecule has 2 atom stereocenters. The average Bonchev–Trinajstić information content (AvgIpc) is 3.15. The van der Waals surface area contributed by atoms with E-state index >= 15 is 0 Å². The minimum atomic E-state index is -0.569. The fourth-order valence-corrected chi connectivity index (χ4v) is 3.05. The molecule has 6 nitrogen and oxygen atoms in total. The van der Waals surface area contributed by atoms with Gasteiger partial charge < -0.3 is 0 Å². The van der Waals surface area contributed by atoms with Crippen LogP contribution in [0.4, 0.5) is 0 Å². The molecule has 25 heavy (non-hydrogen) atoms. The van der Waals surface area contributed by atoms with Crippen molar-refractivity contribution in [1.29, 1.82) is 0 Å². The third-order valence-corrected chi connectivity index (χ3v) is 4.45. The lowest BCUT2D eigenvalue weighted by molar-refractivity contribution is -0.131. The van der Waals surface area contributed by atoms with Gasteiger partial charge in [0.15, 0.2) is 5.78 Å². The number of benzene rings is 2. The van der Waals surface area contributed by atoms with Crippen molar-refractivity contribution in [2.45, 2.75) is 13.0 Å². The zero-order valence-electron chi connectivity index (χ0n) is 13.6. The van der Waals surface area contributed by atoms with Crippen molar-refractivity contribution in [1.82, 2.24) is 15.1 Å². The summed E-state index contributed by atoms with van der Waals surface area (Å²) in [6.07, 6.45) is 1.67. The van der Waals surface area contributed by atoms with E-state index in [2.05, 4.69) is 10.3 Å². The number of Topliss-reactive ketones (excluding diaryl/α,β-unsaturated/α-hetero) is 1. The number of carbonyl (C=O) groups is 2. The molecule has 124 valence electrons. The van der Waals surface area contributed by atoms with Crippen molar-refractivity contribution in [3.8, 4) is 11.3 Å². The average molecular weight is 332 g/mol. The van der Waals surface area contributed by atoms with Crippen LogP contribution in [0.1, 0.15) is 17.3 Å². The molecule has 6 heteroatoms. The summed E-state index contributed by atoms with van der Waals surface area (Å²) in [5.41, 5.74) is 2.14. The van der Waals surface area contributed by atoms with Crippen molar-refractivity contribution < 1.29 is 9.59 Å². The van der Waals surface area contributed by atoms with Crippen LogP contribution in [-0.4, -0.2) is 32.8 Å². The highest BCUT2D eigenvalue weighted by molar-refractivity contribution is 6.13. The van der Waals surface area contributed by atoms with Gasteiger partial charge in [0.25, 0.3) is 0 Å². The lowest BCUT2D eigenvalue weighted by atomic mass is 9.85. The Morgan fingerprint density at radius 3 is 2.32 bits per heavy atom. The van der Waals surface area contributed by atoms with Crippen molar-refractivity contribution in [3.05, 3.63) is 72.4 Å². The zero-order chi connectivity index (χ0) is 17.4. The summed E-state index contributed by atoms with van der Waals surface area (Å²) in [7, 11) is 0. The summed E-state index contributed by atoms with van der Waals surface area (Å²) in [5, 5.41) is 9.54. The fraction of sp³-hybridized carbons (Fsp3) is 0.158. The number of hydrogen-bond acceptors (Lipinski definition) is 4. The van der Waals surface area contributed by atoms with Gasteiger partial charge in [-0.15, -0.1) is 5.10 Å². The van der Waals surface area contributed by atoms with Gasteiger partial charge in [0.1, 0.15) is 11.7 Å². The van der Waals surface area contributed by atoms with Crippen LogP contribution in [0.3, 0.4) is 0 Å². The number of nitrogens with zero attached hydrogens (tertiary/aromatic N) is 4. The van der Waals surface area contributed by atoms with Gasteiger partial charge in [-0.1, -0.05) is 67.6 Å².